The van der Waals surface area contributed by atoms with Crippen molar-refractivity contribution in [2.75, 3.05) is 5.75 Å². The first-order valence-electron chi connectivity index (χ1n) is 4.81. The van der Waals surface area contributed by atoms with Crippen LogP contribution in [-0.4, -0.2) is 10.9 Å². The topological polar surface area (TPSA) is 20.2 Å². The highest BCUT2D eigenvalue weighted by atomic mass is 32.1. The van der Waals surface area contributed by atoms with Crippen LogP contribution in [0.5, 0.6) is 5.75 Å². The highest BCUT2D eigenvalue weighted by Crippen LogP contribution is 2.27. The van der Waals surface area contributed by atoms with Crippen LogP contribution in [0.4, 0.5) is 0 Å². The molecule has 0 aliphatic heterocycles. The first-order chi connectivity index (χ1) is 7.33. The molecule has 2 heteroatoms. The molecule has 0 aliphatic carbocycles. The molecule has 0 heterocycles. The monoisotopic (exact) mass is 216 g/mol. The second kappa shape index (κ2) is 4.41. The van der Waals surface area contributed by atoms with E-state index in [4.69, 9.17) is 0 Å². The summed E-state index contributed by atoms with van der Waals surface area (Å²) in [6.45, 7) is 0. The van der Waals surface area contributed by atoms with E-state index in [9.17, 15) is 5.11 Å². The predicted molar refractivity (Wildman–Crippen MR) is 68.5 cm³/mol. The first kappa shape index (κ1) is 10.1. The molecule has 0 aliphatic rings. The zero-order chi connectivity index (χ0) is 10.7. The van der Waals surface area contributed by atoms with Gasteiger partial charge in [-0.05, 0) is 17.0 Å². The molecule has 0 bridgehead atoms. The number of hydrogen-bond acceptors (Lipinski definition) is 2. The average Bonchev–Trinajstić information content (AvgIpc) is 2.29. The quantitative estimate of drug-likeness (QED) is 0.736. The summed E-state index contributed by atoms with van der Waals surface area (Å²) in [6.07, 6.45) is 4.01. The van der Waals surface area contributed by atoms with E-state index in [-0.39, 0.29) is 0 Å². The van der Waals surface area contributed by atoms with Crippen molar-refractivity contribution in [3.05, 3.63) is 48.0 Å². The number of rotatable bonds is 2. The maximum Gasteiger partial charge on any atom is 0.123 e. The molecule has 0 aromatic heterocycles. The molecule has 76 valence electrons. The lowest BCUT2D eigenvalue weighted by Gasteiger charge is -2.04. The Balaban J connectivity index is 2.66. The fourth-order valence-electron chi connectivity index (χ4n) is 1.63. The average molecular weight is 216 g/mol. The van der Waals surface area contributed by atoms with E-state index < -0.39 is 0 Å². The summed E-state index contributed by atoms with van der Waals surface area (Å²) in [4.78, 5) is 0. The summed E-state index contributed by atoms with van der Waals surface area (Å²) in [6, 6.07) is 11.5. The van der Waals surface area contributed by atoms with Crippen molar-refractivity contribution in [2.24, 2.45) is 0 Å². The summed E-state index contributed by atoms with van der Waals surface area (Å²) >= 11 is 4.13. The molecule has 0 fully saturated rings. The van der Waals surface area contributed by atoms with Crippen LogP contribution in [0.3, 0.4) is 0 Å². The Kier molecular flexibility index (Phi) is 2.97. The lowest BCUT2D eigenvalue weighted by atomic mass is 10.0. The number of phenols is 1. The molecule has 1 nitrogen and oxygen atoms in total. The van der Waals surface area contributed by atoms with E-state index in [2.05, 4.69) is 12.6 Å². The van der Waals surface area contributed by atoms with Crippen LogP contribution in [0.2, 0.25) is 0 Å². The second-order valence-corrected chi connectivity index (χ2v) is 3.67. The fraction of sp³-hybridized carbons (Fsp3) is 0.0769. The number of thiol groups is 1. The lowest BCUT2D eigenvalue weighted by molar-refractivity contribution is 0.481. The van der Waals surface area contributed by atoms with E-state index in [0.717, 1.165) is 22.1 Å². The molecule has 0 amide bonds. The van der Waals surface area contributed by atoms with Crippen molar-refractivity contribution >= 4 is 29.5 Å². The summed E-state index contributed by atoms with van der Waals surface area (Å²) in [5.41, 5.74) is 1.11. The smallest absolute Gasteiger partial charge is 0.123 e. The van der Waals surface area contributed by atoms with Crippen LogP contribution in [0.15, 0.2) is 42.5 Å². The van der Waals surface area contributed by atoms with Gasteiger partial charge in [-0.1, -0.05) is 42.5 Å². The molecule has 2 aromatic carbocycles. The Bertz CT molecular complexity index is 503. The van der Waals surface area contributed by atoms with Crippen molar-refractivity contribution in [3.63, 3.8) is 0 Å². The minimum atomic E-state index is 0.327. The molecule has 15 heavy (non-hydrogen) atoms. The molecular weight excluding hydrogens is 204 g/mol. The number of hydrogen-bond donors (Lipinski definition) is 2. The van der Waals surface area contributed by atoms with Gasteiger partial charge in [0.15, 0.2) is 0 Å². The van der Waals surface area contributed by atoms with E-state index in [0.29, 0.717) is 5.75 Å². The van der Waals surface area contributed by atoms with E-state index in [1.807, 2.05) is 42.5 Å². The van der Waals surface area contributed by atoms with Crippen LogP contribution < -0.4 is 0 Å². The Labute approximate surface area is 94.5 Å². The molecule has 0 unspecified atom stereocenters. The predicted octanol–water partition coefficient (Wildman–Crippen LogP) is 3.49. The van der Waals surface area contributed by atoms with Gasteiger partial charge in [-0.2, -0.15) is 12.6 Å². The van der Waals surface area contributed by atoms with Gasteiger partial charge in [-0.15, -0.1) is 0 Å². The molecule has 2 rings (SSSR count). The summed E-state index contributed by atoms with van der Waals surface area (Å²) in [7, 11) is 0. The zero-order valence-corrected chi connectivity index (χ0v) is 9.11. The Morgan fingerprint density at radius 2 is 1.80 bits per heavy atom. The van der Waals surface area contributed by atoms with Crippen molar-refractivity contribution in [3.8, 4) is 5.75 Å². The fourth-order valence-corrected chi connectivity index (χ4v) is 1.74. The van der Waals surface area contributed by atoms with Crippen molar-refractivity contribution < 1.29 is 5.11 Å². The first-order valence-corrected chi connectivity index (χ1v) is 5.44. The normalized spacial score (nSPS) is 11.3. The van der Waals surface area contributed by atoms with E-state index in [1.165, 1.54) is 0 Å². The minimum absolute atomic E-state index is 0.327. The van der Waals surface area contributed by atoms with Gasteiger partial charge in [-0.25, -0.2) is 0 Å². The molecule has 0 saturated heterocycles. The zero-order valence-electron chi connectivity index (χ0n) is 8.22. The van der Waals surface area contributed by atoms with Gasteiger partial charge in [0.1, 0.15) is 5.75 Å². The van der Waals surface area contributed by atoms with Crippen LogP contribution >= 0.6 is 12.6 Å². The van der Waals surface area contributed by atoms with Gasteiger partial charge < -0.3 is 5.11 Å². The van der Waals surface area contributed by atoms with Crippen LogP contribution in [0, 0.1) is 0 Å². The molecule has 0 spiro atoms. The Morgan fingerprint density at radius 1 is 1.07 bits per heavy atom. The van der Waals surface area contributed by atoms with E-state index >= 15 is 0 Å². The van der Waals surface area contributed by atoms with Crippen LogP contribution in [-0.2, 0) is 0 Å². The van der Waals surface area contributed by atoms with Gasteiger partial charge in [0.25, 0.3) is 0 Å². The second-order valence-electron chi connectivity index (χ2n) is 3.30. The highest BCUT2D eigenvalue weighted by Gasteiger charge is 2.01. The molecule has 0 atom stereocenters. The van der Waals surface area contributed by atoms with Gasteiger partial charge in [0.2, 0.25) is 0 Å². The largest absolute Gasteiger partial charge is 0.507 e. The Hall–Kier alpha value is -1.41. The molecule has 2 aromatic rings. The molecule has 1 N–H and O–H groups in total. The number of benzene rings is 2. The SMILES string of the molecule is Oc1ccc(C=CCS)c2ccccc12. The maximum atomic E-state index is 9.68. The van der Waals surface area contributed by atoms with Gasteiger partial charge in [0, 0.05) is 11.1 Å². The highest BCUT2D eigenvalue weighted by molar-refractivity contribution is 7.80. The van der Waals surface area contributed by atoms with Gasteiger partial charge in [-0.3, -0.25) is 0 Å². The third-order valence-electron chi connectivity index (χ3n) is 2.34. The third-order valence-corrected chi connectivity index (χ3v) is 2.55. The van der Waals surface area contributed by atoms with Gasteiger partial charge in [0.05, 0.1) is 0 Å². The summed E-state index contributed by atoms with van der Waals surface area (Å²) < 4.78 is 0. The van der Waals surface area contributed by atoms with Crippen LogP contribution in [0.25, 0.3) is 16.8 Å². The summed E-state index contributed by atoms with van der Waals surface area (Å²) in [5.74, 6) is 1.04. The summed E-state index contributed by atoms with van der Waals surface area (Å²) in [5, 5.41) is 11.6. The van der Waals surface area contributed by atoms with E-state index in [1.54, 1.807) is 6.07 Å². The Morgan fingerprint density at radius 3 is 2.53 bits per heavy atom. The van der Waals surface area contributed by atoms with Crippen molar-refractivity contribution in [1.29, 1.82) is 0 Å². The number of fused-ring (bicyclic) bond motifs is 1. The number of aromatic hydroxyl groups is 1. The minimum Gasteiger partial charge on any atom is -0.507 e. The van der Waals surface area contributed by atoms with Crippen molar-refractivity contribution in [2.45, 2.75) is 0 Å². The maximum absolute atomic E-state index is 9.68. The molecular formula is C13H12OS. The van der Waals surface area contributed by atoms with Crippen molar-refractivity contribution in [1.82, 2.24) is 0 Å². The molecule has 0 saturated carbocycles. The molecule has 0 radical (unpaired) electrons. The number of phenolic OH excluding ortho intramolecular Hbond substituents is 1. The van der Waals surface area contributed by atoms with Crippen LogP contribution in [0.1, 0.15) is 5.56 Å². The standard InChI is InChI=1S/C13H12OS/c14-13-8-7-10(4-3-9-15)11-5-1-2-6-12(11)13/h1-8,14-15H,9H2. The lowest BCUT2D eigenvalue weighted by Crippen LogP contribution is -1.79. The third kappa shape index (κ3) is 2.00. The van der Waals surface area contributed by atoms with Gasteiger partial charge >= 0.3 is 0 Å².